The summed E-state index contributed by atoms with van der Waals surface area (Å²) in [5.41, 5.74) is -0.642. The van der Waals surface area contributed by atoms with Crippen LogP contribution in [0, 0.1) is 11.8 Å². The van der Waals surface area contributed by atoms with E-state index in [1.54, 1.807) is 51.9 Å². The Morgan fingerprint density at radius 1 is 0.608 bits per heavy atom. The van der Waals surface area contributed by atoms with E-state index >= 15 is 0 Å². The molecule has 39 nitrogen and oxygen atoms in total. The van der Waals surface area contributed by atoms with Crippen molar-refractivity contribution in [2.75, 3.05) is 198 Å². The second kappa shape index (κ2) is 61.4. The van der Waals surface area contributed by atoms with Gasteiger partial charge in [0.2, 0.25) is 35.4 Å². The van der Waals surface area contributed by atoms with E-state index in [0.717, 1.165) is 28.4 Å². The van der Waals surface area contributed by atoms with Crippen molar-refractivity contribution in [3.8, 4) is 5.75 Å². The number of methoxy groups -OCH3 is 1. The Bertz CT molecular complexity index is 3460. The first kappa shape index (κ1) is 105. The van der Waals surface area contributed by atoms with Crippen LogP contribution in [-0.4, -0.2) is 330 Å². The molecule has 40 heteroatoms. The van der Waals surface area contributed by atoms with Crippen LogP contribution in [0.15, 0.2) is 35.7 Å². The number of carbonyl (C=O) groups is 13. The summed E-state index contributed by atoms with van der Waals surface area (Å²) in [5, 5.41) is 43.5. The number of phenols is 1. The van der Waals surface area contributed by atoms with Crippen LogP contribution >= 0.6 is 11.3 Å². The molecule has 1 aliphatic rings. The van der Waals surface area contributed by atoms with Crippen molar-refractivity contribution >= 4 is 94.1 Å². The predicted octanol–water partition coefficient (Wildman–Crippen LogP) is 2.35. The van der Waals surface area contributed by atoms with Gasteiger partial charge in [-0.15, -0.1) is 11.3 Å². The highest BCUT2D eigenvalue weighted by Crippen LogP contribution is 2.32. The second-order valence-corrected chi connectivity index (χ2v) is 30.0. The number of phenolic OH excluding ortho intramolecular Hbond substituents is 1. The summed E-state index contributed by atoms with van der Waals surface area (Å²) in [6, 6.07) is 0.923. The summed E-state index contributed by atoms with van der Waals surface area (Å²) < 4.78 is 64.8. The summed E-state index contributed by atoms with van der Waals surface area (Å²) in [6.07, 6.45) is 1.75. The molecule has 0 aliphatic carbocycles. The fraction of sp³-hybridized carbons (Fsp3) is 0.700. The maximum Gasteiger partial charge on any atom is 0.407 e. The van der Waals surface area contributed by atoms with Gasteiger partial charge in [-0.2, -0.15) is 0 Å². The fourth-order valence-electron chi connectivity index (χ4n) is 11.3. The van der Waals surface area contributed by atoms with Crippen molar-refractivity contribution in [2.45, 2.75) is 161 Å². The van der Waals surface area contributed by atoms with E-state index in [1.165, 1.54) is 30.5 Å². The van der Waals surface area contributed by atoms with Crippen LogP contribution in [0.25, 0.3) is 0 Å². The number of esters is 1. The molecule has 0 fully saturated rings. The highest BCUT2D eigenvalue weighted by molar-refractivity contribution is 7.09. The lowest BCUT2D eigenvalue weighted by molar-refractivity contribution is -0.149. The molecule has 3 rings (SSSR count). The molecule has 0 radical (unpaired) electrons. The third-order valence-electron chi connectivity index (χ3n) is 18.9. The van der Waals surface area contributed by atoms with Crippen molar-refractivity contribution < 1.29 is 129 Å². The first-order valence-corrected chi connectivity index (χ1v) is 41.5. The fourth-order valence-corrected chi connectivity index (χ4v) is 12.1. The Labute approximate surface area is 706 Å². The number of rotatable bonds is 69. The van der Waals surface area contributed by atoms with Crippen LogP contribution in [-0.2, 0) is 116 Å². The minimum absolute atomic E-state index is 0.00356. The van der Waals surface area contributed by atoms with E-state index in [-0.39, 0.29) is 162 Å². The zero-order valence-corrected chi connectivity index (χ0v) is 72.3. The number of likely N-dealkylation sites (N-methyl/N-ethyl adjacent to an activating group) is 2. The maximum atomic E-state index is 14.3. The average molecular weight is 1720 g/mol. The number of aliphatic carboxylic acids is 1. The molecule has 1 aromatic carbocycles. The number of carboxylic acid groups (broad SMARTS) is 1. The van der Waals surface area contributed by atoms with E-state index in [2.05, 4.69) is 47.5 Å². The number of benzene rings is 1. The first-order valence-electron chi connectivity index (χ1n) is 40.6. The minimum atomic E-state index is -1.14. The van der Waals surface area contributed by atoms with Gasteiger partial charge in [-0.25, -0.2) is 9.78 Å². The van der Waals surface area contributed by atoms with Gasteiger partial charge in [0.15, 0.2) is 12.7 Å². The van der Waals surface area contributed by atoms with Gasteiger partial charge in [0.25, 0.3) is 23.6 Å². The van der Waals surface area contributed by atoms with Crippen molar-refractivity contribution in [1.29, 1.82) is 0 Å². The van der Waals surface area contributed by atoms with Crippen molar-refractivity contribution in [3.05, 3.63) is 52.0 Å². The van der Waals surface area contributed by atoms with Crippen LogP contribution in [0.3, 0.4) is 0 Å². The predicted molar refractivity (Wildman–Crippen MR) is 438 cm³/mol. The molecule has 120 heavy (non-hydrogen) atoms. The van der Waals surface area contributed by atoms with Gasteiger partial charge in [0.05, 0.1) is 130 Å². The van der Waals surface area contributed by atoms with Gasteiger partial charge in [-0.05, 0) is 102 Å². The second-order valence-electron chi connectivity index (χ2n) is 29.1. The zero-order valence-electron chi connectivity index (χ0n) is 71.5. The first-order chi connectivity index (χ1) is 57.4. The van der Waals surface area contributed by atoms with E-state index < -0.39 is 102 Å². The van der Waals surface area contributed by atoms with E-state index in [9.17, 15) is 72.5 Å². The smallest absolute Gasteiger partial charge is 0.407 e. The Morgan fingerprint density at radius 2 is 1.15 bits per heavy atom. The van der Waals surface area contributed by atoms with Crippen molar-refractivity contribution in [2.24, 2.45) is 11.8 Å². The molecule has 2 heterocycles. The number of nitrogens with one attached hydrogen (secondary N) is 8. The largest absolute Gasteiger partial charge is 0.506 e. The van der Waals surface area contributed by atoms with E-state index in [4.69, 9.17) is 56.8 Å². The standard InChI is InChI=1S/C80H130N12O27S/c1-12-56(4)73(89-78(106)80(6,7)90(8)9)77(105)91(10)63(55(2)3)51-65(119-57(5)93)76-88-62(54-120-76)75(104)85-59(21-25-72(101)102)49-58-20-22-64(94)61(50-58)87-69(98)53-118-79(107)84-29-28-82-66(95)18-15-27-83-74(103)60(86-67(96)19-16-30-92-70(99)23-24-71(92)100)17-13-14-26-81-68(97)52-117-48-47-116-46-45-115-44-43-114-42-41-113-40-39-112-38-37-111-36-35-110-34-33-109-32-31-108-11/h20,22-24,50,54-56,59-60,63,65,73,94H,12-19,21,25-49,51-53H2,1-11H3,(H,81,97)(H,82,95)(H,83,103)(H,84,107)(H,85,104)(H,86,96)(H,87,98)(H,89,106)(H,101,102)/t56-,59+,60-,63+,65+,73-/m0/s1. The number of ether oxygens (including phenoxy) is 12. The number of anilines is 1. The molecule has 2 aromatic rings. The average Bonchev–Trinajstić information content (AvgIpc) is 0.824. The lowest BCUT2D eigenvalue weighted by atomic mass is 9.92. The van der Waals surface area contributed by atoms with Gasteiger partial charge in [-0.1, -0.05) is 40.2 Å². The Balaban J connectivity index is 1.37. The number of aromatic hydroxyl groups is 1. The van der Waals surface area contributed by atoms with Crippen LogP contribution in [0.1, 0.15) is 146 Å². The molecule has 0 saturated carbocycles. The summed E-state index contributed by atoms with van der Waals surface area (Å²) in [7, 11) is 6.80. The number of nitrogens with zero attached hydrogens (tertiary/aromatic N) is 4. The Kier molecular flexibility index (Phi) is 53.8. The van der Waals surface area contributed by atoms with Gasteiger partial charge in [0, 0.05) is 109 Å². The lowest BCUT2D eigenvalue weighted by Crippen LogP contribution is -2.60. The number of carbonyl (C=O) groups excluding carboxylic acids is 12. The number of alkyl carbamates (subject to hydrolysis) is 1. The SMILES string of the molecule is CC[C@H](C)[C@H](NC(=O)C(C)(C)N(C)C)C(=O)N(C)[C@H](C[C@@H](OC(C)=O)c1nc(C(=O)N[C@H](CCC(=O)O)Cc2ccc(O)c(NC(=O)COC(=O)NCCNC(=O)CCCNC(=O)[C@H](CCCCNC(=O)COCCOCCOCCOCCOCCOCCOCCOCCOCCOC)NC(=O)CCCN3C(=O)C=CC3=O)c2)cs1)C(C)C. The maximum absolute atomic E-state index is 14.3. The third kappa shape index (κ3) is 45.1. The Morgan fingerprint density at radius 3 is 1.69 bits per heavy atom. The molecule has 1 aliphatic heterocycles. The number of thiazole rings is 1. The molecule has 678 valence electrons. The van der Waals surface area contributed by atoms with Crippen molar-refractivity contribution in [1.82, 2.24) is 56.9 Å². The molecule has 11 amide bonds. The summed E-state index contributed by atoms with van der Waals surface area (Å²) >= 11 is 1.04. The minimum Gasteiger partial charge on any atom is -0.506 e. The number of aromatic nitrogens is 1. The number of hydrogen-bond acceptors (Lipinski definition) is 29. The van der Waals surface area contributed by atoms with E-state index in [1.807, 2.05) is 27.7 Å². The number of amides is 11. The normalized spacial score (nSPS) is 13.6. The third-order valence-corrected chi connectivity index (χ3v) is 19.8. The van der Waals surface area contributed by atoms with Crippen LogP contribution in [0.5, 0.6) is 5.75 Å². The van der Waals surface area contributed by atoms with Gasteiger partial charge < -0.3 is 114 Å². The topological polar surface area (TPSA) is 492 Å². The Hall–Kier alpha value is -8.94. The van der Waals surface area contributed by atoms with Crippen molar-refractivity contribution in [3.63, 3.8) is 0 Å². The highest BCUT2D eigenvalue weighted by Gasteiger charge is 2.39. The van der Waals surface area contributed by atoms with Gasteiger partial charge in [0.1, 0.15) is 35.1 Å². The molecule has 0 spiro atoms. The summed E-state index contributed by atoms with van der Waals surface area (Å²) in [5.74, 6) is -7.56. The molecule has 0 saturated heterocycles. The van der Waals surface area contributed by atoms with Gasteiger partial charge in [-0.3, -0.25) is 67.3 Å². The number of carboxylic acids is 1. The zero-order chi connectivity index (χ0) is 88.6. The monoisotopic (exact) mass is 1720 g/mol. The lowest BCUT2D eigenvalue weighted by Gasteiger charge is -2.38. The quantitative estimate of drug-likeness (QED) is 0.0197. The summed E-state index contributed by atoms with van der Waals surface area (Å²) in [6.45, 7) is 19.0. The molecule has 1 aromatic heterocycles. The molecular weight excluding hydrogens is 1590 g/mol. The number of imide groups is 1. The summed E-state index contributed by atoms with van der Waals surface area (Å²) in [4.78, 5) is 176. The van der Waals surface area contributed by atoms with Crippen LogP contribution in [0.2, 0.25) is 0 Å². The molecular formula is C80H130N12O27S. The number of unbranched alkanes of at least 4 members (excludes halogenated alkanes) is 1. The molecule has 0 unspecified atom stereocenters. The van der Waals surface area contributed by atoms with Crippen LogP contribution < -0.4 is 42.5 Å². The van der Waals surface area contributed by atoms with E-state index in [0.29, 0.717) is 131 Å². The number of hydrogen-bond donors (Lipinski definition) is 10. The molecule has 6 atom stereocenters. The van der Waals surface area contributed by atoms with Crippen LogP contribution in [0.4, 0.5) is 10.5 Å². The molecule has 10 N–H and O–H groups in total. The van der Waals surface area contributed by atoms with Gasteiger partial charge >= 0.3 is 18.0 Å². The molecule has 0 bridgehead atoms. The highest BCUT2D eigenvalue weighted by atomic mass is 32.1.